The number of hydrogen-bond acceptors (Lipinski definition) is 2. The Hall–Kier alpha value is -0.440. The minimum atomic E-state index is -4.64. The summed E-state index contributed by atoms with van der Waals surface area (Å²) in [5.41, 5.74) is 0. The number of rotatable bonds is 0. The molecule has 0 aliphatic rings. The maximum Gasteiger partial charge on any atom is 0.466 e. The smallest absolute Gasteiger partial charge is 0.412 e. The fourth-order valence-electron chi connectivity index (χ4n) is 0. The van der Waals surface area contributed by atoms with Gasteiger partial charge in [-0.3, -0.25) is 0 Å². The van der Waals surface area contributed by atoms with Gasteiger partial charge in [-0.25, -0.2) is 4.57 Å². The van der Waals surface area contributed by atoms with Crippen molar-refractivity contribution in [3.05, 3.63) is 0 Å². The second-order valence-electron chi connectivity index (χ2n) is 0.737. The van der Waals surface area contributed by atoms with Crippen molar-refractivity contribution in [2.75, 3.05) is 0 Å². The van der Waals surface area contributed by atoms with Gasteiger partial charge < -0.3 is 20.2 Å². The van der Waals surface area contributed by atoms with Gasteiger partial charge in [-0.1, -0.05) is 0 Å². The molecule has 0 rings (SSSR count). The number of phosphoric acid groups is 1. The summed E-state index contributed by atoms with van der Waals surface area (Å²) in [6.45, 7) is 1.43. The first kappa shape index (κ1) is 15.8. The highest BCUT2D eigenvalue weighted by Crippen LogP contribution is 2.25. The van der Waals surface area contributed by atoms with Crippen LogP contribution >= 0.6 is 7.82 Å². The second-order valence-corrected chi connectivity index (χ2v) is 1.76. The van der Waals surface area contributed by atoms with Gasteiger partial charge in [0.1, 0.15) is 0 Å². The third kappa shape index (κ3) is 1210. The predicted molar refractivity (Wildman–Crippen MR) is 29.2 cm³/mol. The molecule has 0 bridgehead atoms. The number of nitrogens with zero attached hydrogens (tertiary/aromatic N) is 1. The molecule has 0 aromatic heterocycles. The standard InChI is InChI=1S/C2H3N.H3O4P.H2O/c1-2-3;1-5(2,3)4;/h1H3;(H3,1,2,3,4);1H2. The van der Waals surface area contributed by atoms with E-state index < -0.39 is 7.82 Å². The first-order chi connectivity index (χ1) is 3.41. The third-order valence-corrected chi connectivity index (χ3v) is 0. The molecule has 7 heteroatoms. The average molecular weight is 157 g/mol. The first-order valence-corrected chi connectivity index (χ1v) is 3.07. The van der Waals surface area contributed by atoms with Crippen LogP contribution in [0.4, 0.5) is 0 Å². The molecule has 0 aromatic carbocycles. The molecule has 0 radical (unpaired) electrons. The van der Waals surface area contributed by atoms with Gasteiger partial charge in [0.05, 0.1) is 6.07 Å². The minimum Gasteiger partial charge on any atom is -0.412 e. The van der Waals surface area contributed by atoms with E-state index in [9.17, 15) is 0 Å². The van der Waals surface area contributed by atoms with E-state index >= 15 is 0 Å². The molecule has 0 aromatic rings. The fourth-order valence-corrected chi connectivity index (χ4v) is 0. The van der Waals surface area contributed by atoms with Gasteiger partial charge in [-0.15, -0.1) is 0 Å². The zero-order chi connectivity index (χ0) is 7.21. The van der Waals surface area contributed by atoms with Crippen molar-refractivity contribution in [2.45, 2.75) is 6.92 Å². The molecule has 0 unspecified atom stereocenters. The van der Waals surface area contributed by atoms with Crippen LogP contribution in [0, 0.1) is 11.3 Å². The summed E-state index contributed by atoms with van der Waals surface area (Å²) in [5, 5.41) is 7.32. The highest BCUT2D eigenvalue weighted by Gasteiger charge is 2.00. The van der Waals surface area contributed by atoms with E-state index in [4.69, 9.17) is 24.5 Å². The van der Waals surface area contributed by atoms with E-state index in [-0.39, 0.29) is 5.48 Å². The topological polar surface area (TPSA) is 133 Å². The second kappa shape index (κ2) is 7.56. The molecule has 0 saturated carbocycles. The monoisotopic (exact) mass is 157 g/mol. The maximum atomic E-state index is 8.88. The fraction of sp³-hybridized carbons (Fsp3) is 0.500. The van der Waals surface area contributed by atoms with Crippen molar-refractivity contribution in [3.63, 3.8) is 0 Å². The molecule has 0 spiro atoms. The normalized spacial score (nSPS) is 7.44. The van der Waals surface area contributed by atoms with E-state index in [1.165, 1.54) is 6.92 Å². The van der Waals surface area contributed by atoms with Crippen LogP contribution in [0.3, 0.4) is 0 Å². The summed E-state index contributed by atoms with van der Waals surface area (Å²) < 4.78 is 8.88. The Kier molecular flexibility index (Phi) is 13.3. The predicted octanol–water partition coefficient (Wildman–Crippen LogP) is -1.22. The van der Waals surface area contributed by atoms with E-state index in [0.717, 1.165) is 0 Å². The van der Waals surface area contributed by atoms with Crippen LogP contribution in [0.2, 0.25) is 0 Å². The third-order valence-electron chi connectivity index (χ3n) is 0. The molecule has 0 saturated heterocycles. The van der Waals surface area contributed by atoms with Gasteiger partial charge in [-0.05, 0) is 0 Å². The van der Waals surface area contributed by atoms with E-state index in [0.29, 0.717) is 0 Å². The van der Waals surface area contributed by atoms with Crippen molar-refractivity contribution in [1.82, 2.24) is 0 Å². The zero-order valence-electron chi connectivity index (χ0n) is 4.64. The van der Waals surface area contributed by atoms with Crippen molar-refractivity contribution in [2.24, 2.45) is 0 Å². The molecule has 0 fully saturated rings. The van der Waals surface area contributed by atoms with Crippen molar-refractivity contribution >= 4 is 7.82 Å². The molecule has 9 heavy (non-hydrogen) atoms. The summed E-state index contributed by atoms with van der Waals surface area (Å²) in [6, 6.07) is 1.75. The highest BCUT2D eigenvalue weighted by atomic mass is 31.2. The van der Waals surface area contributed by atoms with Crippen molar-refractivity contribution in [1.29, 1.82) is 5.26 Å². The Morgan fingerprint density at radius 1 is 1.44 bits per heavy atom. The Morgan fingerprint density at radius 3 is 1.44 bits per heavy atom. The summed E-state index contributed by atoms with van der Waals surface area (Å²) in [4.78, 5) is 21.6. The molecule has 0 heterocycles. The van der Waals surface area contributed by atoms with Crippen LogP contribution in [-0.2, 0) is 4.57 Å². The Balaban J connectivity index is -0.0000000800. The van der Waals surface area contributed by atoms with E-state index in [1.54, 1.807) is 6.07 Å². The van der Waals surface area contributed by atoms with E-state index in [2.05, 4.69) is 0 Å². The zero-order valence-corrected chi connectivity index (χ0v) is 5.54. The lowest BCUT2D eigenvalue weighted by Crippen LogP contribution is -1.66. The van der Waals surface area contributed by atoms with Crippen LogP contribution in [0.25, 0.3) is 0 Å². The molecular weight excluding hydrogens is 149 g/mol. The van der Waals surface area contributed by atoms with Crippen LogP contribution < -0.4 is 0 Å². The van der Waals surface area contributed by atoms with Crippen LogP contribution in [0.5, 0.6) is 0 Å². The Labute approximate surface area is 51.9 Å². The summed E-state index contributed by atoms with van der Waals surface area (Å²) >= 11 is 0. The number of nitriles is 1. The molecule has 0 aliphatic heterocycles. The van der Waals surface area contributed by atoms with Gasteiger partial charge in [0.25, 0.3) is 0 Å². The lowest BCUT2D eigenvalue weighted by molar-refractivity contribution is 0.275. The highest BCUT2D eigenvalue weighted by molar-refractivity contribution is 7.45. The SMILES string of the molecule is CC#N.O.O=P(O)(O)O. The van der Waals surface area contributed by atoms with Gasteiger partial charge in [-0.2, -0.15) is 5.26 Å². The largest absolute Gasteiger partial charge is 0.466 e. The molecule has 5 N–H and O–H groups in total. The Morgan fingerprint density at radius 2 is 1.44 bits per heavy atom. The first-order valence-electron chi connectivity index (χ1n) is 1.51. The lowest BCUT2D eigenvalue weighted by atomic mass is 11.0. The number of hydrogen-bond donors (Lipinski definition) is 3. The summed E-state index contributed by atoms with van der Waals surface area (Å²) in [5.74, 6) is 0. The molecule has 0 aliphatic carbocycles. The van der Waals surface area contributed by atoms with E-state index in [1.807, 2.05) is 0 Å². The summed E-state index contributed by atoms with van der Waals surface area (Å²) in [7, 11) is -4.64. The van der Waals surface area contributed by atoms with Crippen LogP contribution in [-0.4, -0.2) is 20.2 Å². The minimum absolute atomic E-state index is 0. The van der Waals surface area contributed by atoms with Gasteiger partial charge in [0.15, 0.2) is 0 Å². The van der Waals surface area contributed by atoms with Crippen molar-refractivity contribution in [3.8, 4) is 6.07 Å². The van der Waals surface area contributed by atoms with Crippen LogP contribution in [0.1, 0.15) is 6.92 Å². The molecule has 56 valence electrons. The van der Waals surface area contributed by atoms with Crippen LogP contribution in [0.15, 0.2) is 0 Å². The molecule has 0 atom stereocenters. The molecule has 6 nitrogen and oxygen atoms in total. The average Bonchev–Trinajstić information content (AvgIpc) is 1.27. The molecule has 0 amide bonds. The summed E-state index contributed by atoms with van der Waals surface area (Å²) in [6.07, 6.45) is 0. The van der Waals surface area contributed by atoms with Gasteiger partial charge in [0.2, 0.25) is 0 Å². The Bertz CT molecular complexity index is 113. The quantitative estimate of drug-likeness (QED) is 0.379. The van der Waals surface area contributed by atoms with Gasteiger partial charge in [0, 0.05) is 6.92 Å². The molecular formula is C2H8NO5P. The lowest BCUT2D eigenvalue weighted by Gasteiger charge is -1.82. The van der Waals surface area contributed by atoms with Gasteiger partial charge >= 0.3 is 7.82 Å². The maximum absolute atomic E-state index is 8.88. The van der Waals surface area contributed by atoms with Crippen molar-refractivity contribution < 1.29 is 24.7 Å².